The number of nitrogens with one attached hydrogen (secondary N) is 1. The smallest absolute Gasteiger partial charge is 0.350 e. The maximum absolute atomic E-state index is 13.3. The summed E-state index contributed by atoms with van der Waals surface area (Å²) in [5.41, 5.74) is -0.852. The Bertz CT molecular complexity index is 1090. The SMILES string of the molecule is Cc1cccc(CNC(=O)[C@@H](C)n2c(=O)c(C(F)(F)F)nc3ccccc32)c1. The largest absolute Gasteiger partial charge is 0.438 e. The molecule has 1 aromatic heterocycles. The topological polar surface area (TPSA) is 64.0 Å². The second-order valence-corrected chi connectivity index (χ2v) is 6.50. The summed E-state index contributed by atoms with van der Waals surface area (Å²) < 4.78 is 40.6. The molecule has 3 aromatic rings. The average Bonchev–Trinajstić information content (AvgIpc) is 2.64. The van der Waals surface area contributed by atoms with Crippen molar-refractivity contribution in [2.45, 2.75) is 32.6 Å². The molecule has 8 heteroatoms. The summed E-state index contributed by atoms with van der Waals surface area (Å²) in [6.07, 6.45) is -4.92. The molecule has 0 aliphatic rings. The fraction of sp³-hybridized carbons (Fsp3) is 0.250. The van der Waals surface area contributed by atoms with E-state index in [4.69, 9.17) is 0 Å². The van der Waals surface area contributed by atoms with Crippen molar-refractivity contribution in [3.05, 3.63) is 75.7 Å². The summed E-state index contributed by atoms with van der Waals surface area (Å²) in [6, 6.07) is 12.3. The molecule has 1 heterocycles. The molecule has 0 spiro atoms. The van der Waals surface area contributed by atoms with Crippen molar-refractivity contribution < 1.29 is 18.0 Å². The van der Waals surface area contributed by atoms with Crippen LogP contribution in [0.3, 0.4) is 0 Å². The van der Waals surface area contributed by atoms with E-state index in [0.29, 0.717) is 0 Å². The Labute approximate surface area is 158 Å². The van der Waals surface area contributed by atoms with Crippen LogP contribution in [0.25, 0.3) is 11.0 Å². The Balaban J connectivity index is 1.98. The van der Waals surface area contributed by atoms with E-state index < -0.39 is 29.4 Å². The van der Waals surface area contributed by atoms with Crippen LogP contribution in [0.1, 0.15) is 29.8 Å². The van der Waals surface area contributed by atoms with Gasteiger partial charge in [-0.2, -0.15) is 13.2 Å². The van der Waals surface area contributed by atoms with E-state index in [-0.39, 0.29) is 17.6 Å². The van der Waals surface area contributed by atoms with Crippen LogP contribution < -0.4 is 10.9 Å². The molecule has 0 bridgehead atoms. The predicted octanol–water partition coefficient (Wildman–Crippen LogP) is 3.60. The van der Waals surface area contributed by atoms with Gasteiger partial charge in [-0.25, -0.2) is 4.98 Å². The van der Waals surface area contributed by atoms with Gasteiger partial charge >= 0.3 is 6.18 Å². The Kier molecular flexibility index (Phi) is 5.22. The Hall–Kier alpha value is -3.16. The molecular weight excluding hydrogens is 371 g/mol. The molecule has 0 unspecified atom stereocenters. The maximum Gasteiger partial charge on any atom is 0.438 e. The number of nitrogens with zero attached hydrogens (tertiary/aromatic N) is 2. The zero-order valence-electron chi connectivity index (χ0n) is 15.2. The van der Waals surface area contributed by atoms with Gasteiger partial charge in [0.2, 0.25) is 11.6 Å². The van der Waals surface area contributed by atoms with E-state index >= 15 is 0 Å². The van der Waals surface area contributed by atoms with Crippen molar-refractivity contribution in [3.63, 3.8) is 0 Å². The number of alkyl halides is 3. The van der Waals surface area contributed by atoms with Crippen molar-refractivity contribution in [2.24, 2.45) is 0 Å². The van der Waals surface area contributed by atoms with Crippen molar-refractivity contribution in [2.75, 3.05) is 0 Å². The third kappa shape index (κ3) is 3.90. The Morgan fingerprint density at radius 1 is 1.18 bits per heavy atom. The lowest BCUT2D eigenvalue weighted by molar-refractivity contribution is -0.142. The molecule has 146 valence electrons. The molecular formula is C20H18F3N3O2. The normalized spacial score (nSPS) is 12.8. The Morgan fingerprint density at radius 3 is 2.57 bits per heavy atom. The van der Waals surface area contributed by atoms with Gasteiger partial charge in [-0.05, 0) is 31.5 Å². The first-order valence-corrected chi connectivity index (χ1v) is 8.60. The summed E-state index contributed by atoms with van der Waals surface area (Å²) in [7, 11) is 0. The van der Waals surface area contributed by atoms with Gasteiger partial charge < -0.3 is 5.32 Å². The summed E-state index contributed by atoms with van der Waals surface area (Å²) in [6.45, 7) is 3.50. The van der Waals surface area contributed by atoms with Gasteiger partial charge in [-0.1, -0.05) is 42.0 Å². The number of aryl methyl sites for hydroxylation is 1. The number of fused-ring (bicyclic) bond motifs is 1. The van der Waals surface area contributed by atoms with Gasteiger partial charge in [0.15, 0.2) is 0 Å². The minimum absolute atomic E-state index is 0.00670. The minimum Gasteiger partial charge on any atom is -0.350 e. The van der Waals surface area contributed by atoms with Crippen molar-refractivity contribution in [1.29, 1.82) is 0 Å². The highest BCUT2D eigenvalue weighted by molar-refractivity contribution is 5.83. The van der Waals surface area contributed by atoms with E-state index in [1.807, 2.05) is 31.2 Å². The van der Waals surface area contributed by atoms with Gasteiger partial charge in [-0.3, -0.25) is 14.2 Å². The number of carbonyl (C=O) groups is 1. The predicted molar refractivity (Wildman–Crippen MR) is 98.7 cm³/mol. The molecule has 0 aliphatic carbocycles. The highest BCUT2D eigenvalue weighted by Crippen LogP contribution is 2.27. The monoisotopic (exact) mass is 389 g/mol. The number of amides is 1. The van der Waals surface area contributed by atoms with E-state index in [1.165, 1.54) is 25.1 Å². The van der Waals surface area contributed by atoms with Crippen LogP contribution in [-0.4, -0.2) is 15.5 Å². The average molecular weight is 389 g/mol. The Morgan fingerprint density at radius 2 is 1.89 bits per heavy atom. The molecule has 1 N–H and O–H groups in total. The van der Waals surface area contributed by atoms with Crippen LogP contribution in [-0.2, 0) is 17.5 Å². The molecule has 0 saturated carbocycles. The molecule has 1 atom stereocenters. The first-order valence-electron chi connectivity index (χ1n) is 8.60. The summed E-state index contributed by atoms with van der Waals surface area (Å²) in [4.78, 5) is 28.5. The lowest BCUT2D eigenvalue weighted by atomic mass is 10.1. The molecule has 0 saturated heterocycles. The van der Waals surface area contributed by atoms with Crippen LogP contribution in [0, 0.1) is 6.92 Å². The lowest BCUT2D eigenvalue weighted by Crippen LogP contribution is -2.38. The number of hydrogen-bond acceptors (Lipinski definition) is 3. The second kappa shape index (κ2) is 7.46. The molecule has 0 fully saturated rings. The van der Waals surface area contributed by atoms with Gasteiger partial charge in [0.1, 0.15) is 6.04 Å². The van der Waals surface area contributed by atoms with Crippen molar-refractivity contribution in [3.8, 4) is 0 Å². The first-order chi connectivity index (χ1) is 13.2. The van der Waals surface area contributed by atoms with Crippen LogP contribution in [0.15, 0.2) is 53.3 Å². The van der Waals surface area contributed by atoms with Gasteiger partial charge in [0.25, 0.3) is 5.56 Å². The molecule has 3 rings (SSSR count). The number of rotatable bonds is 4. The summed E-state index contributed by atoms with van der Waals surface area (Å²) in [5.74, 6) is -0.562. The third-order valence-corrected chi connectivity index (χ3v) is 4.38. The number of para-hydroxylation sites is 2. The highest BCUT2D eigenvalue weighted by Gasteiger charge is 2.38. The van der Waals surface area contributed by atoms with Crippen LogP contribution >= 0.6 is 0 Å². The van der Waals surface area contributed by atoms with Crippen LogP contribution in [0.4, 0.5) is 13.2 Å². The summed E-state index contributed by atoms with van der Waals surface area (Å²) >= 11 is 0. The van der Waals surface area contributed by atoms with Crippen LogP contribution in [0.2, 0.25) is 0 Å². The molecule has 2 aromatic carbocycles. The van der Waals surface area contributed by atoms with Gasteiger partial charge in [0, 0.05) is 6.54 Å². The molecule has 0 aliphatic heterocycles. The van der Waals surface area contributed by atoms with Crippen molar-refractivity contribution in [1.82, 2.24) is 14.9 Å². The highest BCUT2D eigenvalue weighted by atomic mass is 19.4. The van der Waals surface area contributed by atoms with E-state index in [9.17, 15) is 22.8 Å². The standard InChI is InChI=1S/C20H18F3N3O2/c1-12-6-5-7-14(10-12)11-24-18(27)13(2)26-16-9-4-3-8-15(16)25-17(19(26)28)20(21,22)23/h3-10,13H,11H2,1-2H3,(H,24,27)/t13-/m1/s1. The number of benzene rings is 2. The number of carbonyl (C=O) groups excluding carboxylic acids is 1. The maximum atomic E-state index is 13.3. The fourth-order valence-electron chi connectivity index (χ4n) is 3.00. The number of aromatic nitrogens is 2. The van der Waals surface area contributed by atoms with Gasteiger partial charge in [-0.15, -0.1) is 0 Å². The van der Waals surface area contributed by atoms with E-state index in [2.05, 4.69) is 10.3 Å². The fourth-order valence-corrected chi connectivity index (χ4v) is 3.00. The zero-order chi connectivity index (χ0) is 20.5. The molecule has 5 nitrogen and oxygen atoms in total. The number of hydrogen-bond donors (Lipinski definition) is 1. The first kappa shape index (κ1) is 19.6. The second-order valence-electron chi connectivity index (χ2n) is 6.50. The summed E-state index contributed by atoms with van der Waals surface area (Å²) in [5, 5.41) is 2.67. The van der Waals surface area contributed by atoms with E-state index in [0.717, 1.165) is 15.7 Å². The minimum atomic E-state index is -4.92. The third-order valence-electron chi connectivity index (χ3n) is 4.38. The number of halogens is 3. The van der Waals surface area contributed by atoms with Crippen LogP contribution in [0.5, 0.6) is 0 Å². The quantitative estimate of drug-likeness (QED) is 0.742. The molecule has 28 heavy (non-hydrogen) atoms. The zero-order valence-corrected chi connectivity index (χ0v) is 15.2. The van der Waals surface area contributed by atoms with Gasteiger partial charge in [0.05, 0.1) is 11.0 Å². The van der Waals surface area contributed by atoms with E-state index in [1.54, 1.807) is 6.07 Å². The molecule has 1 amide bonds. The lowest BCUT2D eigenvalue weighted by Gasteiger charge is -2.19. The van der Waals surface area contributed by atoms with Crippen molar-refractivity contribution >= 4 is 16.9 Å². The molecule has 0 radical (unpaired) electrons.